The van der Waals surface area contributed by atoms with Crippen LogP contribution in [-0.4, -0.2) is 9.91 Å². The molecule has 0 fully saturated rings. The highest BCUT2D eigenvalue weighted by atomic mass is 79.9. The van der Waals surface area contributed by atoms with Crippen LogP contribution in [0.1, 0.15) is 5.56 Å². The maximum atomic E-state index is 10.7. The lowest BCUT2D eigenvalue weighted by atomic mass is 10.2. The Labute approximate surface area is 128 Å². The number of nitrogens with zero attached hydrogens (tertiary/aromatic N) is 1. The van der Waals surface area contributed by atoms with Crippen LogP contribution in [0, 0.1) is 10.1 Å². The van der Waals surface area contributed by atoms with Gasteiger partial charge in [0.25, 0.3) is 5.69 Å². The van der Waals surface area contributed by atoms with E-state index in [4.69, 9.17) is 4.74 Å². The monoisotopic (exact) mass is 346 g/mol. The van der Waals surface area contributed by atoms with Crippen LogP contribution >= 0.6 is 15.9 Å². The van der Waals surface area contributed by atoms with Crippen LogP contribution in [-0.2, 0) is 6.61 Å². The maximum absolute atomic E-state index is 10.7. The van der Waals surface area contributed by atoms with Crippen LogP contribution in [0.5, 0.6) is 5.75 Å². The fourth-order valence-electron chi connectivity index (χ4n) is 2.05. The fraction of sp³-hybridized carbons (Fsp3) is 0.0667. The molecule has 0 amide bonds. The number of ether oxygens (including phenoxy) is 1. The van der Waals surface area contributed by atoms with Crippen LogP contribution in [0.2, 0.25) is 0 Å². The minimum absolute atomic E-state index is 0.0550. The number of hydrogen-bond donors (Lipinski definition) is 1. The zero-order valence-electron chi connectivity index (χ0n) is 10.9. The SMILES string of the molecule is O=[N+]([O-])c1ccc(COc2ccc3[nH]ccc3c2)c(Br)c1. The van der Waals surface area contributed by atoms with Gasteiger partial charge in [-0.2, -0.15) is 0 Å². The van der Waals surface area contributed by atoms with E-state index in [-0.39, 0.29) is 5.69 Å². The number of aromatic nitrogens is 1. The number of nitro groups is 1. The summed E-state index contributed by atoms with van der Waals surface area (Å²) < 4.78 is 6.40. The number of aromatic amines is 1. The van der Waals surface area contributed by atoms with E-state index < -0.39 is 4.92 Å². The van der Waals surface area contributed by atoms with Crippen molar-refractivity contribution >= 4 is 32.5 Å². The quantitative estimate of drug-likeness (QED) is 0.561. The largest absolute Gasteiger partial charge is 0.489 e. The van der Waals surface area contributed by atoms with E-state index in [1.54, 1.807) is 6.07 Å². The summed E-state index contributed by atoms with van der Waals surface area (Å²) in [4.78, 5) is 13.4. The summed E-state index contributed by atoms with van der Waals surface area (Å²) in [7, 11) is 0. The molecule has 0 bridgehead atoms. The number of fused-ring (bicyclic) bond motifs is 1. The molecule has 1 aromatic heterocycles. The summed E-state index contributed by atoms with van der Waals surface area (Å²) in [5.41, 5.74) is 1.97. The van der Waals surface area contributed by atoms with Gasteiger partial charge in [-0.1, -0.05) is 15.9 Å². The Balaban J connectivity index is 1.76. The summed E-state index contributed by atoms with van der Waals surface area (Å²) in [5.74, 6) is 0.757. The molecule has 0 spiro atoms. The van der Waals surface area contributed by atoms with E-state index in [1.807, 2.05) is 30.5 Å². The van der Waals surface area contributed by atoms with E-state index >= 15 is 0 Å². The summed E-state index contributed by atoms with van der Waals surface area (Å²) in [6, 6.07) is 12.4. The Morgan fingerprint density at radius 3 is 2.81 bits per heavy atom. The first-order chi connectivity index (χ1) is 10.1. The van der Waals surface area contributed by atoms with Crippen molar-refractivity contribution in [2.45, 2.75) is 6.61 Å². The standard InChI is InChI=1S/C15H11BrN2O3/c16-14-8-12(18(19)20)2-1-11(14)9-21-13-3-4-15-10(7-13)5-6-17-15/h1-8,17H,9H2. The molecule has 2 aromatic carbocycles. The van der Waals surface area contributed by atoms with Crippen molar-refractivity contribution in [3.05, 3.63) is 68.8 Å². The van der Waals surface area contributed by atoms with Gasteiger partial charge in [0.2, 0.25) is 0 Å². The topological polar surface area (TPSA) is 68.2 Å². The zero-order valence-corrected chi connectivity index (χ0v) is 12.5. The van der Waals surface area contributed by atoms with Gasteiger partial charge in [0.15, 0.2) is 0 Å². The van der Waals surface area contributed by atoms with Gasteiger partial charge in [-0.05, 0) is 30.3 Å². The Morgan fingerprint density at radius 1 is 1.19 bits per heavy atom. The highest BCUT2D eigenvalue weighted by molar-refractivity contribution is 9.10. The Hall–Kier alpha value is -2.34. The van der Waals surface area contributed by atoms with Crippen LogP contribution in [0.25, 0.3) is 10.9 Å². The minimum Gasteiger partial charge on any atom is -0.489 e. The number of H-pyrrole nitrogens is 1. The van der Waals surface area contributed by atoms with Gasteiger partial charge < -0.3 is 9.72 Å². The molecule has 0 aliphatic rings. The van der Waals surface area contributed by atoms with E-state index in [2.05, 4.69) is 20.9 Å². The number of nitro benzene ring substituents is 1. The fourth-order valence-corrected chi connectivity index (χ4v) is 2.53. The molecule has 0 saturated carbocycles. The number of non-ortho nitro benzene ring substituents is 1. The lowest BCUT2D eigenvalue weighted by molar-refractivity contribution is -0.384. The lowest BCUT2D eigenvalue weighted by Crippen LogP contribution is -1.97. The van der Waals surface area contributed by atoms with Crippen molar-refractivity contribution in [3.8, 4) is 5.75 Å². The number of halogens is 1. The molecular weight excluding hydrogens is 336 g/mol. The highest BCUT2D eigenvalue weighted by Gasteiger charge is 2.09. The minimum atomic E-state index is -0.421. The number of nitrogens with one attached hydrogen (secondary N) is 1. The van der Waals surface area contributed by atoms with Gasteiger partial charge in [-0.25, -0.2) is 0 Å². The molecule has 1 heterocycles. The van der Waals surface area contributed by atoms with E-state index in [0.717, 1.165) is 22.2 Å². The third kappa shape index (κ3) is 2.90. The normalized spacial score (nSPS) is 10.7. The Morgan fingerprint density at radius 2 is 2.05 bits per heavy atom. The maximum Gasteiger partial charge on any atom is 0.270 e. The molecule has 21 heavy (non-hydrogen) atoms. The van der Waals surface area contributed by atoms with E-state index in [0.29, 0.717) is 11.1 Å². The summed E-state index contributed by atoms with van der Waals surface area (Å²) in [6.45, 7) is 0.342. The average Bonchev–Trinajstić information content (AvgIpc) is 2.93. The summed E-state index contributed by atoms with van der Waals surface area (Å²) in [5, 5.41) is 11.8. The molecule has 0 atom stereocenters. The molecule has 0 unspecified atom stereocenters. The van der Waals surface area contributed by atoms with Crippen molar-refractivity contribution in [1.29, 1.82) is 0 Å². The number of hydrogen-bond acceptors (Lipinski definition) is 3. The molecule has 5 nitrogen and oxygen atoms in total. The van der Waals surface area contributed by atoms with Crippen LogP contribution < -0.4 is 4.74 Å². The van der Waals surface area contributed by atoms with Crippen molar-refractivity contribution in [3.63, 3.8) is 0 Å². The van der Waals surface area contributed by atoms with Gasteiger partial charge in [0.05, 0.1) is 4.92 Å². The number of benzene rings is 2. The number of rotatable bonds is 4. The van der Waals surface area contributed by atoms with Gasteiger partial charge in [-0.3, -0.25) is 10.1 Å². The molecule has 106 valence electrons. The molecule has 3 rings (SSSR count). The van der Waals surface area contributed by atoms with Gasteiger partial charge >= 0.3 is 0 Å². The van der Waals surface area contributed by atoms with Crippen molar-refractivity contribution < 1.29 is 9.66 Å². The van der Waals surface area contributed by atoms with Gasteiger partial charge in [0.1, 0.15) is 12.4 Å². The van der Waals surface area contributed by atoms with Crippen LogP contribution in [0.3, 0.4) is 0 Å². The van der Waals surface area contributed by atoms with Crippen molar-refractivity contribution in [1.82, 2.24) is 4.98 Å². The predicted octanol–water partition coefficient (Wildman–Crippen LogP) is 4.42. The molecule has 0 saturated heterocycles. The predicted molar refractivity (Wildman–Crippen MR) is 83.4 cm³/mol. The first-order valence-electron chi connectivity index (χ1n) is 6.26. The van der Waals surface area contributed by atoms with Crippen LogP contribution in [0.15, 0.2) is 53.1 Å². The summed E-state index contributed by atoms with van der Waals surface area (Å²) in [6.07, 6.45) is 1.88. The second-order valence-electron chi connectivity index (χ2n) is 4.55. The average molecular weight is 347 g/mol. The third-order valence-electron chi connectivity index (χ3n) is 3.17. The van der Waals surface area contributed by atoms with Crippen molar-refractivity contribution in [2.75, 3.05) is 0 Å². The van der Waals surface area contributed by atoms with Gasteiger partial charge in [-0.15, -0.1) is 0 Å². The Bertz CT molecular complexity index is 814. The molecule has 0 aliphatic carbocycles. The lowest BCUT2D eigenvalue weighted by Gasteiger charge is -2.08. The smallest absolute Gasteiger partial charge is 0.270 e. The highest BCUT2D eigenvalue weighted by Crippen LogP contribution is 2.25. The van der Waals surface area contributed by atoms with E-state index in [9.17, 15) is 10.1 Å². The molecule has 0 radical (unpaired) electrons. The summed E-state index contributed by atoms with van der Waals surface area (Å²) >= 11 is 3.33. The molecule has 0 aliphatic heterocycles. The molecule has 1 N–H and O–H groups in total. The third-order valence-corrected chi connectivity index (χ3v) is 3.90. The van der Waals surface area contributed by atoms with Crippen LogP contribution in [0.4, 0.5) is 5.69 Å². The Kier molecular flexibility index (Phi) is 3.62. The first kappa shape index (κ1) is 13.6. The first-order valence-corrected chi connectivity index (χ1v) is 7.05. The van der Waals surface area contributed by atoms with Crippen molar-refractivity contribution in [2.24, 2.45) is 0 Å². The van der Waals surface area contributed by atoms with E-state index in [1.165, 1.54) is 12.1 Å². The second-order valence-corrected chi connectivity index (χ2v) is 5.40. The molecular formula is C15H11BrN2O3. The van der Waals surface area contributed by atoms with Gasteiger partial charge in [0, 0.05) is 39.3 Å². The zero-order chi connectivity index (χ0) is 14.8. The molecule has 6 heteroatoms. The molecule has 3 aromatic rings. The second kappa shape index (κ2) is 5.57.